The zero-order chi connectivity index (χ0) is 30.4. The fourth-order valence-electron chi connectivity index (χ4n) is 3.94. The topological polar surface area (TPSA) is 86.8 Å². The lowest BCUT2D eigenvalue weighted by Crippen LogP contribution is -2.52. The maximum absolute atomic E-state index is 13.9. The summed E-state index contributed by atoms with van der Waals surface area (Å²) in [5.41, 5.74) is -0.992. The normalized spacial score (nSPS) is 13.2. The molecule has 0 saturated heterocycles. The second-order valence-corrected chi connectivity index (χ2v) is 11.8. The van der Waals surface area contributed by atoms with E-state index < -0.39 is 51.9 Å². The number of hydrogen-bond acceptors (Lipinski definition) is 4. The molecule has 2 atom stereocenters. The van der Waals surface area contributed by atoms with Crippen LogP contribution < -0.4 is 9.62 Å². The van der Waals surface area contributed by atoms with Crippen molar-refractivity contribution in [1.82, 2.24) is 10.2 Å². The predicted octanol–water partition coefficient (Wildman–Crippen LogP) is 5.89. The summed E-state index contributed by atoms with van der Waals surface area (Å²) in [6, 6.07) is 16.8. The summed E-state index contributed by atoms with van der Waals surface area (Å²) in [5, 5.41) is 2.51. The number of sulfonamides is 1. The van der Waals surface area contributed by atoms with Gasteiger partial charge in [0.15, 0.2) is 0 Å². The Morgan fingerprint density at radius 3 is 2.10 bits per heavy atom. The van der Waals surface area contributed by atoms with E-state index in [0.29, 0.717) is 22.4 Å². The van der Waals surface area contributed by atoms with E-state index in [2.05, 4.69) is 5.32 Å². The molecule has 0 aliphatic carbocycles. The van der Waals surface area contributed by atoms with Crippen molar-refractivity contribution >= 4 is 39.1 Å². The van der Waals surface area contributed by atoms with Crippen molar-refractivity contribution in [3.05, 3.63) is 95.0 Å². The molecule has 7 nitrogen and oxygen atoms in total. The van der Waals surface area contributed by atoms with Crippen molar-refractivity contribution in [2.45, 2.75) is 56.9 Å². The summed E-state index contributed by atoms with van der Waals surface area (Å²) in [7, 11) is -4.58. The third-order valence-corrected chi connectivity index (χ3v) is 8.61. The number of anilines is 1. The van der Waals surface area contributed by atoms with Gasteiger partial charge >= 0.3 is 6.18 Å². The third-order valence-electron chi connectivity index (χ3n) is 6.52. The first-order valence-electron chi connectivity index (χ1n) is 12.8. The minimum absolute atomic E-state index is 0.0513. The summed E-state index contributed by atoms with van der Waals surface area (Å²) < 4.78 is 69.0. The van der Waals surface area contributed by atoms with Crippen molar-refractivity contribution in [2.75, 3.05) is 10.8 Å². The highest BCUT2D eigenvalue weighted by molar-refractivity contribution is 7.92. The van der Waals surface area contributed by atoms with Crippen LogP contribution in [0, 0.1) is 0 Å². The molecule has 0 bridgehead atoms. The van der Waals surface area contributed by atoms with E-state index in [1.165, 1.54) is 36.1 Å². The van der Waals surface area contributed by atoms with Crippen LogP contribution in [0.4, 0.5) is 18.9 Å². The highest BCUT2D eigenvalue weighted by atomic mass is 35.5. The molecule has 0 aliphatic rings. The number of hydrogen-bond donors (Lipinski definition) is 1. The van der Waals surface area contributed by atoms with E-state index in [1.54, 1.807) is 43.3 Å². The van der Waals surface area contributed by atoms with Crippen LogP contribution in [0.1, 0.15) is 38.3 Å². The van der Waals surface area contributed by atoms with Crippen LogP contribution in [0.3, 0.4) is 0 Å². The molecule has 3 aromatic rings. The van der Waals surface area contributed by atoms with Crippen molar-refractivity contribution in [1.29, 1.82) is 0 Å². The minimum Gasteiger partial charge on any atom is -0.352 e. The van der Waals surface area contributed by atoms with Crippen LogP contribution in [-0.2, 0) is 32.3 Å². The van der Waals surface area contributed by atoms with Gasteiger partial charge in [-0.3, -0.25) is 13.9 Å². The average Bonchev–Trinajstić information content (AvgIpc) is 2.94. The second-order valence-electron chi connectivity index (χ2n) is 9.49. The van der Waals surface area contributed by atoms with Crippen LogP contribution in [0.15, 0.2) is 83.8 Å². The molecule has 0 aromatic heterocycles. The fraction of sp³-hybridized carbons (Fsp3) is 0.310. The highest BCUT2D eigenvalue weighted by Gasteiger charge is 2.36. The molecule has 0 spiro atoms. The first-order valence-corrected chi connectivity index (χ1v) is 14.7. The van der Waals surface area contributed by atoms with Crippen molar-refractivity contribution < 1.29 is 31.2 Å². The van der Waals surface area contributed by atoms with Gasteiger partial charge in [-0.15, -0.1) is 0 Å². The standard InChI is InChI=1S/C29H31ClF3N3O4S/c1-4-20(2)34-28(38)21(3)35(18-22-11-7-5-8-12-22)27(37)19-36(41(39,40)24-13-9-6-10-14-24)26-17-23(29(31,32)33)15-16-25(26)30/h5-17,20-21H,4,18-19H2,1-3H3,(H,34,38)/t20-,21-/m0/s1. The molecule has 0 saturated carbocycles. The van der Waals surface area contributed by atoms with Crippen LogP contribution in [0.2, 0.25) is 5.02 Å². The van der Waals surface area contributed by atoms with E-state index in [0.717, 1.165) is 12.1 Å². The largest absolute Gasteiger partial charge is 0.416 e. The Kier molecular flexibility index (Phi) is 10.4. The van der Waals surface area contributed by atoms with Gasteiger partial charge in [0.2, 0.25) is 11.8 Å². The number of alkyl halides is 3. The van der Waals surface area contributed by atoms with Gasteiger partial charge in [0.25, 0.3) is 10.0 Å². The first kappa shape index (κ1) is 32.0. The smallest absolute Gasteiger partial charge is 0.352 e. The van der Waals surface area contributed by atoms with Crippen LogP contribution in [0.5, 0.6) is 0 Å². The van der Waals surface area contributed by atoms with E-state index in [9.17, 15) is 31.2 Å². The molecule has 41 heavy (non-hydrogen) atoms. The zero-order valence-corrected chi connectivity index (χ0v) is 24.3. The summed E-state index contributed by atoms with van der Waals surface area (Å²) in [5.74, 6) is -1.27. The third kappa shape index (κ3) is 8.01. The van der Waals surface area contributed by atoms with Gasteiger partial charge in [0.05, 0.1) is 21.2 Å². The quantitative estimate of drug-likeness (QED) is 0.294. The van der Waals surface area contributed by atoms with Gasteiger partial charge in [0, 0.05) is 12.6 Å². The van der Waals surface area contributed by atoms with Gasteiger partial charge in [-0.05, 0) is 56.2 Å². The number of carbonyl (C=O) groups excluding carboxylic acids is 2. The lowest BCUT2D eigenvalue weighted by molar-refractivity contribution is -0.139. The summed E-state index contributed by atoms with van der Waals surface area (Å²) in [6.45, 7) is 4.23. The summed E-state index contributed by atoms with van der Waals surface area (Å²) >= 11 is 6.25. The number of halogens is 4. The molecule has 0 radical (unpaired) electrons. The number of nitrogens with zero attached hydrogens (tertiary/aromatic N) is 2. The summed E-state index contributed by atoms with van der Waals surface area (Å²) in [4.78, 5) is 27.9. The molecule has 3 rings (SSSR count). The van der Waals surface area contributed by atoms with Crippen molar-refractivity contribution in [3.8, 4) is 0 Å². The maximum Gasteiger partial charge on any atom is 0.416 e. The van der Waals surface area contributed by atoms with Gasteiger partial charge in [-0.1, -0.05) is 67.1 Å². The SMILES string of the molecule is CC[C@H](C)NC(=O)[C@H](C)N(Cc1ccccc1)C(=O)CN(c1cc(C(F)(F)F)ccc1Cl)S(=O)(=O)c1ccccc1. The number of carbonyl (C=O) groups is 2. The van der Waals surface area contributed by atoms with Crippen molar-refractivity contribution in [3.63, 3.8) is 0 Å². The molecular weight excluding hydrogens is 579 g/mol. The Labute approximate surface area is 243 Å². The molecule has 2 amide bonds. The van der Waals surface area contributed by atoms with Gasteiger partial charge in [0.1, 0.15) is 12.6 Å². The second kappa shape index (κ2) is 13.4. The van der Waals surface area contributed by atoms with Crippen LogP contribution in [-0.4, -0.2) is 43.8 Å². The number of amides is 2. The zero-order valence-electron chi connectivity index (χ0n) is 22.7. The lowest BCUT2D eigenvalue weighted by atomic mass is 10.1. The highest BCUT2D eigenvalue weighted by Crippen LogP contribution is 2.37. The molecule has 12 heteroatoms. The van der Waals surface area contributed by atoms with Gasteiger partial charge in [-0.25, -0.2) is 8.42 Å². The van der Waals surface area contributed by atoms with Crippen LogP contribution >= 0.6 is 11.6 Å². The Hall–Kier alpha value is -3.57. The molecule has 0 heterocycles. The lowest BCUT2D eigenvalue weighted by Gasteiger charge is -2.32. The first-order chi connectivity index (χ1) is 19.3. The molecule has 0 aliphatic heterocycles. The van der Waals surface area contributed by atoms with Crippen LogP contribution in [0.25, 0.3) is 0 Å². The van der Waals surface area contributed by atoms with Gasteiger partial charge < -0.3 is 10.2 Å². The van der Waals surface area contributed by atoms with E-state index in [1.807, 2.05) is 6.92 Å². The minimum atomic E-state index is -4.80. The average molecular weight is 610 g/mol. The fourth-order valence-corrected chi connectivity index (χ4v) is 5.66. The maximum atomic E-state index is 13.9. The molecule has 3 aromatic carbocycles. The Morgan fingerprint density at radius 1 is 0.951 bits per heavy atom. The van der Waals surface area contributed by atoms with E-state index in [4.69, 9.17) is 11.6 Å². The summed E-state index contributed by atoms with van der Waals surface area (Å²) in [6.07, 6.45) is -4.16. The van der Waals surface area contributed by atoms with Gasteiger partial charge in [-0.2, -0.15) is 13.2 Å². The number of rotatable bonds is 11. The van der Waals surface area contributed by atoms with Crippen molar-refractivity contribution in [2.24, 2.45) is 0 Å². The Balaban J connectivity index is 2.11. The Bertz CT molecular complexity index is 1460. The molecule has 0 fully saturated rings. The Morgan fingerprint density at radius 2 is 1.54 bits per heavy atom. The predicted molar refractivity (Wildman–Crippen MR) is 152 cm³/mol. The molecule has 220 valence electrons. The van der Waals surface area contributed by atoms with E-state index in [-0.39, 0.29) is 22.5 Å². The monoisotopic (exact) mass is 609 g/mol. The molecule has 1 N–H and O–H groups in total. The molecular formula is C29H31ClF3N3O4S. The van der Waals surface area contributed by atoms with E-state index >= 15 is 0 Å². The number of nitrogens with one attached hydrogen (secondary N) is 1. The molecule has 0 unspecified atom stereocenters. The number of benzene rings is 3.